The van der Waals surface area contributed by atoms with Crippen molar-refractivity contribution in [3.8, 4) is 5.69 Å². The summed E-state index contributed by atoms with van der Waals surface area (Å²) in [6, 6.07) is 13.8. The fourth-order valence-corrected chi connectivity index (χ4v) is 4.87. The lowest BCUT2D eigenvalue weighted by Crippen LogP contribution is -2.38. The molecule has 2 aliphatic heterocycles. The van der Waals surface area contributed by atoms with Crippen molar-refractivity contribution >= 4 is 23.2 Å². The largest absolute Gasteiger partial charge is 0.339 e. The fourth-order valence-electron chi connectivity index (χ4n) is 4.87. The molecule has 1 N–H and O–H groups in total. The molecule has 0 saturated carbocycles. The summed E-state index contributed by atoms with van der Waals surface area (Å²) in [6.45, 7) is 0.695. The van der Waals surface area contributed by atoms with Crippen molar-refractivity contribution in [2.45, 2.75) is 44.1 Å². The SMILES string of the molecule is O=C1CC(CC(=O)N2CCCC2Cc2cn(-c3ccc([N+](=O)[O-])cc3)nn2)c2ccccc2N1. The molecule has 0 spiro atoms. The van der Waals surface area contributed by atoms with Crippen LogP contribution in [0.5, 0.6) is 0 Å². The van der Waals surface area contributed by atoms with Gasteiger partial charge in [-0.3, -0.25) is 19.7 Å². The zero-order valence-corrected chi connectivity index (χ0v) is 18.5. The molecular formula is C24H24N6O4. The van der Waals surface area contributed by atoms with Gasteiger partial charge >= 0.3 is 0 Å². The van der Waals surface area contributed by atoms with E-state index in [9.17, 15) is 19.7 Å². The van der Waals surface area contributed by atoms with Crippen LogP contribution in [-0.4, -0.2) is 49.2 Å². The molecular weight excluding hydrogens is 436 g/mol. The van der Waals surface area contributed by atoms with Gasteiger partial charge in [-0.25, -0.2) is 4.68 Å². The Morgan fingerprint density at radius 3 is 2.76 bits per heavy atom. The third kappa shape index (κ3) is 4.39. The number of likely N-dealkylation sites (tertiary alicyclic amines) is 1. The zero-order valence-electron chi connectivity index (χ0n) is 18.5. The summed E-state index contributed by atoms with van der Waals surface area (Å²) >= 11 is 0. The van der Waals surface area contributed by atoms with Gasteiger partial charge in [0.1, 0.15) is 0 Å². The van der Waals surface area contributed by atoms with Gasteiger partial charge in [0.05, 0.1) is 22.5 Å². The number of para-hydroxylation sites is 1. The van der Waals surface area contributed by atoms with Crippen LogP contribution in [0.2, 0.25) is 0 Å². The maximum Gasteiger partial charge on any atom is 0.269 e. The zero-order chi connectivity index (χ0) is 23.7. The highest BCUT2D eigenvalue weighted by Gasteiger charge is 2.33. The fraction of sp³-hybridized carbons (Fsp3) is 0.333. The molecule has 0 bridgehead atoms. The summed E-state index contributed by atoms with van der Waals surface area (Å²) in [6.07, 6.45) is 4.80. The molecule has 174 valence electrons. The molecule has 2 unspecified atom stereocenters. The van der Waals surface area contributed by atoms with Gasteiger partial charge in [0.15, 0.2) is 0 Å². The van der Waals surface area contributed by atoms with Gasteiger partial charge in [-0.2, -0.15) is 0 Å². The van der Waals surface area contributed by atoms with Crippen molar-refractivity contribution < 1.29 is 14.5 Å². The number of hydrogen-bond donors (Lipinski definition) is 1. The highest BCUT2D eigenvalue weighted by atomic mass is 16.6. The van der Waals surface area contributed by atoms with Crippen LogP contribution in [0, 0.1) is 10.1 Å². The molecule has 0 aliphatic carbocycles. The number of nitrogens with zero attached hydrogens (tertiary/aromatic N) is 5. The summed E-state index contributed by atoms with van der Waals surface area (Å²) < 4.78 is 1.58. The minimum atomic E-state index is -0.444. The van der Waals surface area contributed by atoms with Gasteiger partial charge in [-0.1, -0.05) is 23.4 Å². The summed E-state index contributed by atoms with van der Waals surface area (Å²) in [5, 5.41) is 22.1. The van der Waals surface area contributed by atoms with Gasteiger partial charge in [0, 0.05) is 55.6 Å². The van der Waals surface area contributed by atoms with Crippen molar-refractivity contribution in [3.05, 3.63) is 76.1 Å². The van der Waals surface area contributed by atoms with E-state index in [1.54, 1.807) is 23.0 Å². The number of amides is 2. The Morgan fingerprint density at radius 1 is 1.18 bits per heavy atom. The van der Waals surface area contributed by atoms with Gasteiger partial charge < -0.3 is 10.2 Å². The van der Waals surface area contributed by atoms with E-state index in [0.717, 1.165) is 29.8 Å². The van der Waals surface area contributed by atoms with E-state index in [1.807, 2.05) is 29.2 Å². The second kappa shape index (κ2) is 9.05. The smallest absolute Gasteiger partial charge is 0.269 e. The summed E-state index contributed by atoms with van der Waals surface area (Å²) in [5.74, 6) is -0.126. The lowest BCUT2D eigenvalue weighted by molar-refractivity contribution is -0.384. The Labute approximate surface area is 195 Å². The lowest BCUT2D eigenvalue weighted by atomic mass is 9.87. The maximum atomic E-state index is 13.2. The van der Waals surface area contributed by atoms with E-state index < -0.39 is 4.92 Å². The van der Waals surface area contributed by atoms with Crippen molar-refractivity contribution in [1.29, 1.82) is 0 Å². The van der Waals surface area contributed by atoms with Crippen LogP contribution in [0.15, 0.2) is 54.7 Å². The molecule has 0 radical (unpaired) electrons. The van der Waals surface area contributed by atoms with E-state index in [2.05, 4.69) is 15.6 Å². The number of benzene rings is 2. The first-order valence-electron chi connectivity index (χ1n) is 11.3. The van der Waals surface area contributed by atoms with Gasteiger partial charge in [0.25, 0.3) is 5.69 Å². The topological polar surface area (TPSA) is 123 Å². The van der Waals surface area contributed by atoms with Crippen LogP contribution in [0.3, 0.4) is 0 Å². The summed E-state index contributed by atoms with van der Waals surface area (Å²) in [4.78, 5) is 37.7. The Bertz CT molecular complexity index is 1240. The second-order valence-corrected chi connectivity index (χ2v) is 8.76. The van der Waals surface area contributed by atoms with E-state index >= 15 is 0 Å². The third-order valence-electron chi connectivity index (χ3n) is 6.54. The van der Waals surface area contributed by atoms with E-state index in [0.29, 0.717) is 31.5 Å². The normalized spacial score (nSPS) is 19.5. The number of hydrogen-bond acceptors (Lipinski definition) is 6. The van der Waals surface area contributed by atoms with Crippen LogP contribution >= 0.6 is 0 Å². The Kier molecular flexibility index (Phi) is 5.79. The van der Waals surface area contributed by atoms with Crippen LogP contribution in [0.1, 0.15) is 42.9 Å². The summed E-state index contributed by atoms with van der Waals surface area (Å²) in [5.41, 5.74) is 3.25. The van der Waals surface area contributed by atoms with Crippen LogP contribution in [0.4, 0.5) is 11.4 Å². The van der Waals surface area contributed by atoms with Gasteiger partial charge in [-0.15, -0.1) is 5.10 Å². The average molecular weight is 460 g/mol. The number of non-ortho nitro benzene ring substituents is 1. The Hall–Kier alpha value is -4.08. The van der Waals surface area contributed by atoms with Crippen LogP contribution in [0.25, 0.3) is 5.69 Å². The predicted molar refractivity (Wildman–Crippen MR) is 123 cm³/mol. The predicted octanol–water partition coefficient (Wildman–Crippen LogP) is 3.23. The second-order valence-electron chi connectivity index (χ2n) is 8.76. The average Bonchev–Trinajstić information content (AvgIpc) is 3.49. The first-order chi connectivity index (χ1) is 16.5. The Morgan fingerprint density at radius 2 is 1.97 bits per heavy atom. The van der Waals surface area contributed by atoms with Crippen molar-refractivity contribution in [2.24, 2.45) is 0 Å². The lowest BCUT2D eigenvalue weighted by Gasteiger charge is -2.29. The minimum absolute atomic E-state index is 0.0160. The van der Waals surface area contributed by atoms with Crippen molar-refractivity contribution in [1.82, 2.24) is 19.9 Å². The monoisotopic (exact) mass is 460 g/mol. The number of fused-ring (bicyclic) bond motifs is 1. The quantitative estimate of drug-likeness (QED) is 0.445. The Balaban J connectivity index is 1.26. The number of aromatic nitrogens is 3. The molecule has 3 aromatic rings. The highest BCUT2D eigenvalue weighted by molar-refractivity contribution is 5.95. The van der Waals surface area contributed by atoms with E-state index in [-0.39, 0.29) is 29.5 Å². The minimum Gasteiger partial charge on any atom is -0.339 e. The molecule has 1 saturated heterocycles. The molecule has 1 aromatic heterocycles. The van der Waals surface area contributed by atoms with Crippen LogP contribution in [-0.2, 0) is 16.0 Å². The highest BCUT2D eigenvalue weighted by Crippen LogP contribution is 2.35. The number of nitro groups is 1. The molecule has 2 atom stereocenters. The molecule has 2 amide bonds. The molecule has 10 heteroatoms. The number of anilines is 1. The molecule has 1 fully saturated rings. The third-order valence-corrected chi connectivity index (χ3v) is 6.54. The van der Waals surface area contributed by atoms with Crippen LogP contribution < -0.4 is 5.32 Å². The van der Waals surface area contributed by atoms with Gasteiger partial charge in [0.2, 0.25) is 11.8 Å². The maximum absolute atomic E-state index is 13.2. The van der Waals surface area contributed by atoms with Gasteiger partial charge in [-0.05, 0) is 36.6 Å². The first-order valence-corrected chi connectivity index (χ1v) is 11.3. The van der Waals surface area contributed by atoms with E-state index in [1.165, 1.54) is 12.1 Å². The molecule has 2 aromatic carbocycles. The molecule has 2 aliphatic rings. The number of carbonyl (C=O) groups excluding carboxylic acids is 2. The first kappa shape index (κ1) is 21.7. The molecule has 3 heterocycles. The standard InChI is InChI=1S/C24H24N6O4/c31-23-12-16(21-5-1-2-6-22(21)25-23)13-24(32)28-11-3-4-20(28)14-17-15-29(27-26-17)18-7-9-19(10-8-18)30(33)34/h1-2,5-10,15-16,20H,3-4,11-14H2,(H,25,31). The summed E-state index contributed by atoms with van der Waals surface area (Å²) in [7, 11) is 0. The number of carbonyl (C=O) groups is 2. The molecule has 34 heavy (non-hydrogen) atoms. The van der Waals surface area contributed by atoms with Crippen molar-refractivity contribution in [2.75, 3.05) is 11.9 Å². The number of nitrogens with one attached hydrogen (secondary N) is 1. The number of rotatable bonds is 6. The number of nitro benzene ring substituents is 1. The van der Waals surface area contributed by atoms with Crippen molar-refractivity contribution in [3.63, 3.8) is 0 Å². The van der Waals surface area contributed by atoms with E-state index in [4.69, 9.17) is 0 Å². The molecule has 10 nitrogen and oxygen atoms in total. The molecule has 5 rings (SSSR count).